The lowest BCUT2D eigenvalue weighted by Gasteiger charge is -2.27. The highest BCUT2D eigenvalue weighted by Gasteiger charge is 2.26. The molecular formula is C13H18N2O2. The molecule has 0 spiro atoms. The summed E-state index contributed by atoms with van der Waals surface area (Å²) < 4.78 is 0. The fraction of sp³-hybridized carbons (Fsp3) is 0.462. The molecule has 1 aromatic carbocycles. The van der Waals surface area contributed by atoms with E-state index in [1.807, 2.05) is 18.2 Å². The van der Waals surface area contributed by atoms with Crippen molar-refractivity contribution in [1.82, 2.24) is 10.6 Å². The van der Waals surface area contributed by atoms with Crippen LogP contribution < -0.4 is 10.6 Å². The Kier molecular flexibility index (Phi) is 3.76. The van der Waals surface area contributed by atoms with Crippen LogP contribution >= 0.6 is 0 Å². The Labute approximate surface area is 101 Å². The smallest absolute Gasteiger partial charge is 0.242 e. The molecule has 3 N–H and O–H groups in total. The third-order valence-electron chi connectivity index (χ3n) is 3.03. The second-order valence-corrected chi connectivity index (χ2v) is 4.43. The number of amides is 1. The summed E-state index contributed by atoms with van der Waals surface area (Å²) in [5, 5.41) is 14.9. The van der Waals surface area contributed by atoms with Crippen LogP contribution in [-0.2, 0) is 11.2 Å². The van der Waals surface area contributed by atoms with Crippen LogP contribution in [0.3, 0.4) is 0 Å². The normalized spacial score (nSPS) is 20.5. The Hall–Kier alpha value is -1.39. The van der Waals surface area contributed by atoms with Gasteiger partial charge in [-0.25, -0.2) is 0 Å². The summed E-state index contributed by atoms with van der Waals surface area (Å²) in [5.74, 6) is -0.0706. The first-order valence-electron chi connectivity index (χ1n) is 5.95. The first-order chi connectivity index (χ1) is 8.22. The highest BCUT2D eigenvalue weighted by molar-refractivity contribution is 5.84. The molecule has 1 aliphatic rings. The highest BCUT2D eigenvalue weighted by atomic mass is 16.3. The van der Waals surface area contributed by atoms with E-state index >= 15 is 0 Å². The molecule has 0 radical (unpaired) electrons. The maximum absolute atomic E-state index is 12.0. The van der Waals surface area contributed by atoms with Gasteiger partial charge in [0.2, 0.25) is 5.91 Å². The van der Waals surface area contributed by atoms with Crippen molar-refractivity contribution in [3.8, 4) is 0 Å². The fourth-order valence-electron chi connectivity index (χ4n) is 2.11. The molecule has 17 heavy (non-hydrogen) atoms. The minimum absolute atomic E-state index is 0.0416. The summed E-state index contributed by atoms with van der Waals surface area (Å²) in [6.07, 6.45) is 0.954. The number of fused-ring (bicyclic) bond motifs is 1. The molecule has 0 saturated carbocycles. The maximum atomic E-state index is 12.0. The van der Waals surface area contributed by atoms with Gasteiger partial charge < -0.3 is 15.7 Å². The zero-order valence-electron chi connectivity index (χ0n) is 9.94. The number of nitrogens with one attached hydrogen (secondary N) is 2. The van der Waals surface area contributed by atoms with Gasteiger partial charge in [-0.1, -0.05) is 24.3 Å². The molecule has 0 aliphatic carbocycles. The van der Waals surface area contributed by atoms with Crippen LogP contribution in [0.1, 0.15) is 24.1 Å². The van der Waals surface area contributed by atoms with Gasteiger partial charge in [-0.3, -0.25) is 4.79 Å². The molecule has 0 aromatic heterocycles. The standard InChI is InChI=1S/C13H18N2O2/c1-9(8-16)15-13(17)12-11-5-3-2-4-10(11)6-7-14-12/h2-5,9,12,14,16H,6-8H2,1H3,(H,15,17)/t9-,12?/m1/s1. The van der Waals surface area contributed by atoms with Gasteiger partial charge in [-0.15, -0.1) is 0 Å². The number of hydrogen-bond acceptors (Lipinski definition) is 3. The number of carbonyl (C=O) groups is 1. The lowest BCUT2D eigenvalue weighted by molar-refractivity contribution is -0.124. The van der Waals surface area contributed by atoms with Crippen molar-refractivity contribution in [3.05, 3.63) is 35.4 Å². The van der Waals surface area contributed by atoms with Crippen LogP contribution in [0.5, 0.6) is 0 Å². The molecule has 2 rings (SSSR count). The molecule has 1 heterocycles. The predicted molar refractivity (Wildman–Crippen MR) is 65.6 cm³/mol. The summed E-state index contributed by atoms with van der Waals surface area (Å²) in [6, 6.07) is 7.48. The Morgan fingerprint density at radius 2 is 2.35 bits per heavy atom. The van der Waals surface area contributed by atoms with Crippen LogP contribution in [0, 0.1) is 0 Å². The van der Waals surface area contributed by atoms with Crippen molar-refractivity contribution in [1.29, 1.82) is 0 Å². The zero-order valence-corrected chi connectivity index (χ0v) is 9.94. The Morgan fingerprint density at radius 3 is 3.12 bits per heavy atom. The Morgan fingerprint density at radius 1 is 1.59 bits per heavy atom. The van der Waals surface area contributed by atoms with E-state index in [0.717, 1.165) is 18.5 Å². The molecule has 2 atom stereocenters. The number of benzene rings is 1. The lowest BCUT2D eigenvalue weighted by Crippen LogP contribution is -2.45. The van der Waals surface area contributed by atoms with E-state index in [-0.39, 0.29) is 24.6 Å². The summed E-state index contributed by atoms with van der Waals surface area (Å²) >= 11 is 0. The molecule has 0 fully saturated rings. The topological polar surface area (TPSA) is 61.4 Å². The van der Waals surface area contributed by atoms with Gasteiger partial charge in [0.25, 0.3) is 0 Å². The highest BCUT2D eigenvalue weighted by Crippen LogP contribution is 2.22. The third kappa shape index (κ3) is 2.65. The molecule has 1 aromatic rings. The number of hydrogen-bond donors (Lipinski definition) is 3. The van der Waals surface area contributed by atoms with E-state index < -0.39 is 0 Å². The summed E-state index contributed by atoms with van der Waals surface area (Å²) in [6.45, 7) is 2.55. The molecule has 92 valence electrons. The molecule has 4 nitrogen and oxygen atoms in total. The van der Waals surface area contributed by atoms with Crippen molar-refractivity contribution in [2.24, 2.45) is 0 Å². The van der Waals surface area contributed by atoms with E-state index in [9.17, 15) is 4.79 Å². The van der Waals surface area contributed by atoms with Gasteiger partial charge in [0, 0.05) is 12.6 Å². The zero-order chi connectivity index (χ0) is 12.3. The average molecular weight is 234 g/mol. The molecule has 1 unspecified atom stereocenters. The average Bonchev–Trinajstić information content (AvgIpc) is 2.37. The first kappa shape index (κ1) is 12.1. The number of aliphatic hydroxyl groups is 1. The molecular weight excluding hydrogens is 216 g/mol. The largest absolute Gasteiger partial charge is 0.394 e. The second kappa shape index (κ2) is 5.29. The van der Waals surface area contributed by atoms with Crippen LogP contribution in [0.25, 0.3) is 0 Å². The SMILES string of the molecule is C[C@H](CO)NC(=O)C1NCCc2ccccc21. The lowest BCUT2D eigenvalue weighted by atomic mass is 9.94. The predicted octanol–water partition coefficient (Wildman–Crippen LogP) is 0.370. The number of aliphatic hydroxyl groups excluding tert-OH is 1. The minimum Gasteiger partial charge on any atom is -0.394 e. The van der Waals surface area contributed by atoms with Crippen molar-refractivity contribution in [3.63, 3.8) is 0 Å². The van der Waals surface area contributed by atoms with E-state index in [1.54, 1.807) is 6.92 Å². The van der Waals surface area contributed by atoms with Gasteiger partial charge in [-0.05, 0) is 24.5 Å². The first-order valence-corrected chi connectivity index (χ1v) is 5.95. The molecule has 1 amide bonds. The number of carbonyl (C=O) groups excluding carboxylic acids is 1. The van der Waals surface area contributed by atoms with Gasteiger partial charge in [0.1, 0.15) is 6.04 Å². The van der Waals surface area contributed by atoms with Gasteiger partial charge in [0.05, 0.1) is 6.61 Å². The molecule has 0 bridgehead atoms. The molecule has 0 saturated heterocycles. The van der Waals surface area contributed by atoms with Crippen LogP contribution in [0.15, 0.2) is 24.3 Å². The molecule has 4 heteroatoms. The van der Waals surface area contributed by atoms with E-state index in [4.69, 9.17) is 5.11 Å². The van der Waals surface area contributed by atoms with Crippen LogP contribution in [0.2, 0.25) is 0 Å². The van der Waals surface area contributed by atoms with Crippen LogP contribution in [0.4, 0.5) is 0 Å². The van der Waals surface area contributed by atoms with E-state index in [2.05, 4.69) is 16.7 Å². The van der Waals surface area contributed by atoms with Crippen molar-refractivity contribution < 1.29 is 9.90 Å². The van der Waals surface area contributed by atoms with E-state index in [0.29, 0.717) is 0 Å². The second-order valence-electron chi connectivity index (χ2n) is 4.43. The van der Waals surface area contributed by atoms with Crippen molar-refractivity contribution >= 4 is 5.91 Å². The Balaban J connectivity index is 2.15. The van der Waals surface area contributed by atoms with Crippen molar-refractivity contribution in [2.75, 3.05) is 13.2 Å². The summed E-state index contributed by atoms with van der Waals surface area (Å²) in [7, 11) is 0. The maximum Gasteiger partial charge on any atom is 0.242 e. The fourth-order valence-corrected chi connectivity index (χ4v) is 2.11. The van der Waals surface area contributed by atoms with Crippen molar-refractivity contribution in [2.45, 2.75) is 25.4 Å². The quantitative estimate of drug-likeness (QED) is 0.708. The van der Waals surface area contributed by atoms with Gasteiger partial charge in [0.15, 0.2) is 0 Å². The van der Waals surface area contributed by atoms with Gasteiger partial charge in [-0.2, -0.15) is 0 Å². The van der Waals surface area contributed by atoms with Crippen LogP contribution in [-0.4, -0.2) is 30.2 Å². The molecule has 1 aliphatic heterocycles. The summed E-state index contributed by atoms with van der Waals surface area (Å²) in [5.41, 5.74) is 2.27. The van der Waals surface area contributed by atoms with Gasteiger partial charge >= 0.3 is 0 Å². The third-order valence-corrected chi connectivity index (χ3v) is 3.03. The monoisotopic (exact) mass is 234 g/mol. The number of rotatable bonds is 3. The summed E-state index contributed by atoms with van der Waals surface area (Å²) in [4.78, 5) is 12.0. The van der Waals surface area contributed by atoms with E-state index in [1.165, 1.54) is 5.56 Å². The Bertz CT molecular complexity index is 406. The minimum atomic E-state index is -0.297.